The van der Waals surface area contributed by atoms with Crippen molar-refractivity contribution in [2.45, 2.75) is 19.9 Å². The molecule has 0 aliphatic heterocycles. The number of nitrogens with zero attached hydrogens (tertiary/aromatic N) is 3. The van der Waals surface area contributed by atoms with Gasteiger partial charge in [-0.3, -0.25) is 0 Å². The largest absolute Gasteiger partial charge is 0.364 e. The van der Waals surface area contributed by atoms with E-state index in [1.165, 1.54) is 0 Å². The van der Waals surface area contributed by atoms with Crippen LogP contribution in [0, 0.1) is 0 Å². The van der Waals surface area contributed by atoms with Crippen LogP contribution >= 0.6 is 0 Å². The summed E-state index contributed by atoms with van der Waals surface area (Å²) in [6.45, 7) is 3.52. The SMILES string of the molecule is CCCNc1nc(NCc2ccon2)c2ccccc2n1. The molecule has 0 radical (unpaired) electrons. The first kappa shape index (κ1) is 13.4. The highest BCUT2D eigenvalue weighted by Crippen LogP contribution is 2.22. The molecule has 0 saturated carbocycles. The van der Waals surface area contributed by atoms with Crippen molar-refractivity contribution in [2.24, 2.45) is 0 Å². The van der Waals surface area contributed by atoms with Gasteiger partial charge in [-0.2, -0.15) is 4.98 Å². The normalized spacial score (nSPS) is 10.7. The fraction of sp³-hybridized carbons (Fsp3) is 0.267. The minimum atomic E-state index is 0.560. The molecule has 0 aliphatic carbocycles. The lowest BCUT2D eigenvalue weighted by molar-refractivity contribution is 0.412. The quantitative estimate of drug-likeness (QED) is 0.724. The number of hydrogen-bond donors (Lipinski definition) is 2. The van der Waals surface area contributed by atoms with Crippen LogP contribution in [0.15, 0.2) is 41.1 Å². The molecule has 0 atom stereocenters. The zero-order chi connectivity index (χ0) is 14.5. The molecule has 0 fully saturated rings. The number of hydrogen-bond acceptors (Lipinski definition) is 6. The van der Waals surface area contributed by atoms with Crippen molar-refractivity contribution in [2.75, 3.05) is 17.2 Å². The van der Waals surface area contributed by atoms with Crippen LogP contribution in [-0.2, 0) is 6.54 Å². The Bertz CT molecular complexity index is 711. The Kier molecular flexibility index (Phi) is 3.95. The Morgan fingerprint density at radius 3 is 2.81 bits per heavy atom. The molecular formula is C15H17N5O. The highest BCUT2D eigenvalue weighted by atomic mass is 16.5. The second kappa shape index (κ2) is 6.21. The van der Waals surface area contributed by atoms with Crippen molar-refractivity contribution in [1.29, 1.82) is 0 Å². The lowest BCUT2D eigenvalue weighted by Crippen LogP contribution is -2.08. The van der Waals surface area contributed by atoms with Gasteiger partial charge in [-0.05, 0) is 18.6 Å². The summed E-state index contributed by atoms with van der Waals surface area (Å²) in [7, 11) is 0. The summed E-state index contributed by atoms with van der Waals surface area (Å²) in [4.78, 5) is 9.07. The van der Waals surface area contributed by atoms with Gasteiger partial charge in [0.25, 0.3) is 0 Å². The molecule has 0 bridgehead atoms. The molecule has 108 valence electrons. The fourth-order valence-corrected chi connectivity index (χ4v) is 2.03. The van der Waals surface area contributed by atoms with Gasteiger partial charge in [-0.15, -0.1) is 0 Å². The van der Waals surface area contributed by atoms with Gasteiger partial charge in [0, 0.05) is 18.0 Å². The summed E-state index contributed by atoms with van der Waals surface area (Å²) in [5.41, 5.74) is 1.74. The monoisotopic (exact) mass is 283 g/mol. The molecule has 2 heterocycles. The second-order valence-corrected chi connectivity index (χ2v) is 4.68. The topological polar surface area (TPSA) is 75.9 Å². The van der Waals surface area contributed by atoms with E-state index in [0.717, 1.165) is 35.4 Å². The molecule has 3 aromatic rings. The van der Waals surface area contributed by atoms with Gasteiger partial charge in [0.1, 0.15) is 17.8 Å². The van der Waals surface area contributed by atoms with E-state index in [9.17, 15) is 0 Å². The number of anilines is 2. The van der Waals surface area contributed by atoms with E-state index < -0.39 is 0 Å². The van der Waals surface area contributed by atoms with Crippen LogP contribution < -0.4 is 10.6 Å². The van der Waals surface area contributed by atoms with Crippen LogP contribution in [0.4, 0.5) is 11.8 Å². The minimum absolute atomic E-state index is 0.560. The number of nitrogens with one attached hydrogen (secondary N) is 2. The molecule has 6 heteroatoms. The molecule has 1 aromatic carbocycles. The maximum atomic E-state index is 4.83. The highest BCUT2D eigenvalue weighted by Gasteiger charge is 2.07. The van der Waals surface area contributed by atoms with Crippen molar-refractivity contribution in [1.82, 2.24) is 15.1 Å². The van der Waals surface area contributed by atoms with Crippen LogP contribution in [0.5, 0.6) is 0 Å². The predicted octanol–water partition coefficient (Wildman–Crippen LogP) is 3.05. The second-order valence-electron chi connectivity index (χ2n) is 4.68. The van der Waals surface area contributed by atoms with Crippen LogP contribution in [0.25, 0.3) is 10.9 Å². The van der Waals surface area contributed by atoms with E-state index in [2.05, 4.69) is 32.7 Å². The molecular weight excluding hydrogens is 266 g/mol. The van der Waals surface area contributed by atoms with E-state index in [-0.39, 0.29) is 0 Å². The number of fused-ring (bicyclic) bond motifs is 1. The zero-order valence-corrected chi connectivity index (χ0v) is 11.8. The third-order valence-electron chi connectivity index (χ3n) is 3.06. The number of rotatable bonds is 6. The van der Waals surface area contributed by atoms with Crippen LogP contribution in [0.3, 0.4) is 0 Å². The van der Waals surface area contributed by atoms with Gasteiger partial charge in [0.15, 0.2) is 0 Å². The average molecular weight is 283 g/mol. The highest BCUT2D eigenvalue weighted by molar-refractivity contribution is 5.89. The van der Waals surface area contributed by atoms with Gasteiger partial charge in [-0.1, -0.05) is 24.2 Å². The molecule has 2 aromatic heterocycles. The Morgan fingerprint density at radius 1 is 1.10 bits per heavy atom. The summed E-state index contributed by atoms with van der Waals surface area (Å²) in [6, 6.07) is 9.76. The summed E-state index contributed by atoms with van der Waals surface area (Å²) >= 11 is 0. The first-order valence-electron chi connectivity index (χ1n) is 7.00. The zero-order valence-electron chi connectivity index (χ0n) is 11.8. The molecule has 6 nitrogen and oxygen atoms in total. The summed E-state index contributed by atoms with van der Waals surface area (Å²) in [5, 5.41) is 11.4. The fourth-order valence-electron chi connectivity index (χ4n) is 2.03. The van der Waals surface area contributed by atoms with Crippen molar-refractivity contribution in [3.8, 4) is 0 Å². The maximum Gasteiger partial charge on any atom is 0.225 e. The Labute approximate surface area is 122 Å². The van der Waals surface area contributed by atoms with E-state index in [0.29, 0.717) is 12.5 Å². The third-order valence-corrected chi connectivity index (χ3v) is 3.06. The molecule has 0 saturated heterocycles. The van der Waals surface area contributed by atoms with Crippen molar-refractivity contribution < 1.29 is 4.52 Å². The van der Waals surface area contributed by atoms with Gasteiger partial charge in [-0.25, -0.2) is 4.98 Å². The first-order valence-corrected chi connectivity index (χ1v) is 7.00. The van der Waals surface area contributed by atoms with E-state index >= 15 is 0 Å². The van der Waals surface area contributed by atoms with Gasteiger partial charge < -0.3 is 15.2 Å². The summed E-state index contributed by atoms with van der Waals surface area (Å²) in [6.07, 6.45) is 2.58. The van der Waals surface area contributed by atoms with E-state index in [1.54, 1.807) is 6.26 Å². The van der Waals surface area contributed by atoms with Crippen LogP contribution in [0.2, 0.25) is 0 Å². The molecule has 3 rings (SSSR count). The third kappa shape index (κ3) is 3.10. The molecule has 0 unspecified atom stereocenters. The molecule has 0 aliphatic rings. The van der Waals surface area contributed by atoms with Crippen molar-refractivity contribution in [3.63, 3.8) is 0 Å². The Balaban J connectivity index is 1.90. The summed E-state index contributed by atoms with van der Waals surface area (Å²) in [5.74, 6) is 1.43. The van der Waals surface area contributed by atoms with Gasteiger partial charge in [0.05, 0.1) is 12.1 Å². The number of aromatic nitrogens is 3. The lowest BCUT2D eigenvalue weighted by Gasteiger charge is -2.10. The molecule has 0 amide bonds. The van der Waals surface area contributed by atoms with Crippen molar-refractivity contribution >= 4 is 22.7 Å². The van der Waals surface area contributed by atoms with E-state index in [4.69, 9.17) is 4.52 Å². The Morgan fingerprint density at radius 2 is 2.00 bits per heavy atom. The van der Waals surface area contributed by atoms with Gasteiger partial charge in [0.2, 0.25) is 5.95 Å². The standard InChI is InChI=1S/C15H17N5O/c1-2-8-16-15-18-13-6-4-3-5-12(13)14(19-15)17-10-11-7-9-21-20-11/h3-7,9H,2,8,10H2,1H3,(H2,16,17,18,19). The Hall–Kier alpha value is -2.63. The van der Waals surface area contributed by atoms with Crippen LogP contribution in [-0.4, -0.2) is 21.7 Å². The lowest BCUT2D eigenvalue weighted by atomic mass is 10.2. The summed E-state index contributed by atoms with van der Waals surface area (Å²) < 4.78 is 4.83. The molecule has 2 N–H and O–H groups in total. The number of para-hydroxylation sites is 1. The van der Waals surface area contributed by atoms with Crippen molar-refractivity contribution in [3.05, 3.63) is 42.3 Å². The van der Waals surface area contributed by atoms with E-state index in [1.807, 2.05) is 30.3 Å². The van der Waals surface area contributed by atoms with Crippen LogP contribution in [0.1, 0.15) is 19.0 Å². The minimum Gasteiger partial charge on any atom is -0.364 e. The van der Waals surface area contributed by atoms with Gasteiger partial charge >= 0.3 is 0 Å². The molecule has 21 heavy (non-hydrogen) atoms. The first-order chi connectivity index (χ1) is 10.4. The maximum absolute atomic E-state index is 4.83. The molecule has 0 spiro atoms. The number of benzene rings is 1. The predicted molar refractivity (Wildman–Crippen MR) is 82.1 cm³/mol. The average Bonchev–Trinajstić information content (AvgIpc) is 3.04. The smallest absolute Gasteiger partial charge is 0.225 e.